The molecule has 2 aliphatic heterocycles. The fourth-order valence-corrected chi connectivity index (χ4v) is 3.58. The summed E-state index contributed by atoms with van der Waals surface area (Å²) in [6.45, 7) is 8.48. The van der Waals surface area contributed by atoms with Crippen molar-refractivity contribution in [3.05, 3.63) is 0 Å². The van der Waals surface area contributed by atoms with Crippen molar-refractivity contribution in [1.29, 1.82) is 0 Å². The summed E-state index contributed by atoms with van der Waals surface area (Å²) >= 11 is 0. The summed E-state index contributed by atoms with van der Waals surface area (Å²) in [5.74, 6) is 0.322. The highest BCUT2D eigenvalue weighted by Gasteiger charge is 2.34. The first kappa shape index (κ1) is 16.3. The Labute approximate surface area is 128 Å². The second-order valence-corrected chi connectivity index (χ2v) is 6.64. The zero-order valence-corrected chi connectivity index (χ0v) is 13.6. The largest absolute Gasteiger partial charge is 0.353 e. The second kappa shape index (κ2) is 7.25. The van der Waals surface area contributed by atoms with Gasteiger partial charge >= 0.3 is 0 Å². The first-order valence-corrected chi connectivity index (χ1v) is 8.30. The van der Waals surface area contributed by atoms with Gasteiger partial charge in [-0.25, -0.2) is 0 Å². The van der Waals surface area contributed by atoms with Crippen molar-refractivity contribution in [2.75, 3.05) is 19.6 Å². The number of hydrogen-bond acceptors (Lipinski definition) is 3. The number of carbonyl (C=O) groups is 2. The third-order valence-corrected chi connectivity index (χ3v) is 4.71. The minimum Gasteiger partial charge on any atom is -0.353 e. The molecule has 2 rings (SSSR count). The van der Waals surface area contributed by atoms with E-state index in [-0.39, 0.29) is 18.0 Å². The van der Waals surface area contributed by atoms with E-state index in [4.69, 9.17) is 0 Å². The Bertz CT molecular complexity index is 376. The smallest absolute Gasteiger partial charge is 0.239 e. The minimum atomic E-state index is 0.0260. The lowest BCUT2D eigenvalue weighted by Crippen LogP contribution is -2.55. The maximum Gasteiger partial charge on any atom is 0.239 e. The van der Waals surface area contributed by atoms with Crippen LogP contribution in [0.5, 0.6) is 0 Å². The molecule has 0 spiro atoms. The summed E-state index contributed by atoms with van der Waals surface area (Å²) in [5.41, 5.74) is 0. The summed E-state index contributed by atoms with van der Waals surface area (Å²) in [6.07, 6.45) is 5.09. The highest BCUT2D eigenvalue weighted by Crippen LogP contribution is 2.23. The van der Waals surface area contributed by atoms with Crippen molar-refractivity contribution in [2.45, 2.75) is 71.0 Å². The van der Waals surface area contributed by atoms with Gasteiger partial charge in [0.05, 0.1) is 6.04 Å². The van der Waals surface area contributed by atoms with E-state index < -0.39 is 0 Å². The molecule has 2 aliphatic rings. The minimum absolute atomic E-state index is 0.0260. The lowest BCUT2D eigenvalue weighted by Gasteiger charge is -2.41. The molecule has 120 valence electrons. The van der Waals surface area contributed by atoms with E-state index in [1.807, 2.05) is 4.90 Å². The molecule has 0 radical (unpaired) electrons. The molecule has 2 amide bonds. The molecule has 1 N–H and O–H groups in total. The van der Waals surface area contributed by atoms with Gasteiger partial charge in [-0.3, -0.25) is 14.5 Å². The van der Waals surface area contributed by atoms with Gasteiger partial charge in [-0.1, -0.05) is 6.42 Å². The van der Waals surface area contributed by atoms with E-state index >= 15 is 0 Å². The van der Waals surface area contributed by atoms with Crippen molar-refractivity contribution < 1.29 is 9.59 Å². The van der Waals surface area contributed by atoms with Crippen LogP contribution in [0.4, 0.5) is 0 Å². The maximum absolute atomic E-state index is 12.8. The van der Waals surface area contributed by atoms with Crippen molar-refractivity contribution in [3.63, 3.8) is 0 Å². The molecule has 0 saturated carbocycles. The SMILES string of the molecule is CC(=O)NC1CCN(C(=O)C2CCCCN2C(C)C)CC1. The molecule has 5 nitrogen and oxygen atoms in total. The number of carbonyl (C=O) groups excluding carboxylic acids is 2. The molecule has 0 aromatic rings. The quantitative estimate of drug-likeness (QED) is 0.856. The molecule has 5 heteroatoms. The molecule has 0 aliphatic carbocycles. The molecule has 1 atom stereocenters. The lowest BCUT2D eigenvalue weighted by molar-refractivity contribution is -0.140. The molecule has 21 heavy (non-hydrogen) atoms. The Morgan fingerprint density at radius 1 is 1.05 bits per heavy atom. The average Bonchev–Trinajstić information content (AvgIpc) is 2.46. The van der Waals surface area contributed by atoms with Crippen molar-refractivity contribution in [2.24, 2.45) is 0 Å². The predicted octanol–water partition coefficient (Wildman–Crippen LogP) is 1.38. The standard InChI is InChI=1S/C16H29N3O2/c1-12(2)19-9-5-4-6-15(19)16(21)18-10-7-14(8-11-18)17-13(3)20/h12,14-15H,4-11H2,1-3H3,(H,17,20). The van der Waals surface area contributed by atoms with Crippen LogP contribution in [-0.2, 0) is 9.59 Å². The van der Waals surface area contributed by atoms with Gasteiger partial charge in [0.15, 0.2) is 0 Å². The zero-order chi connectivity index (χ0) is 15.4. The van der Waals surface area contributed by atoms with Crippen LogP contribution in [0.25, 0.3) is 0 Å². The maximum atomic E-state index is 12.8. The summed E-state index contributed by atoms with van der Waals surface area (Å²) in [4.78, 5) is 28.2. The Kier molecular flexibility index (Phi) is 5.62. The van der Waals surface area contributed by atoms with E-state index in [0.717, 1.165) is 45.3 Å². The number of hydrogen-bond donors (Lipinski definition) is 1. The van der Waals surface area contributed by atoms with E-state index in [1.54, 1.807) is 6.92 Å². The molecule has 0 aromatic carbocycles. The molecule has 1 unspecified atom stereocenters. The van der Waals surface area contributed by atoms with Crippen LogP contribution in [0.15, 0.2) is 0 Å². The van der Waals surface area contributed by atoms with E-state index in [9.17, 15) is 9.59 Å². The second-order valence-electron chi connectivity index (χ2n) is 6.64. The van der Waals surface area contributed by atoms with Crippen molar-refractivity contribution >= 4 is 11.8 Å². The topological polar surface area (TPSA) is 52.7 Å². The average molecular weight is 295 g/mol. The monoisotopic (exact) mass is 295 g/mol. The number of nitrogens with one attached hydrogen (secondary N) is 1. The third-order valence-electron chi connectivity index (χ3n) is 4.71. The van der Waals surface area contributed by atoms with Gasteiger partial charge in [0.1, 0.15) is 0 Å². The van der Waals surface area contributed by atoms with Crippen LogP contribution in [0, 0.1) is 0 Å². The van der Waals surface area contributed by atoms with Gasteiger partial charge in [-0.05, 0) is 46.1 Å². The normalized spacial score (nSPS) is 25.1. The fourth-order valence-electron chi connectivity index (χ4n) is 3.58. The number of amides is 2. The highest BCUT2D eigenvalue weighted by molar-refractivity contribution is 5.82. The molecule has 2 heterocycles. The molecule has 0 aromatic heterocycles. The lowest BCUT2D eigenvalue weighted by atomic mass is 9.97. The van der Waals surface area contributed by atoms with E-state index in [0.29, 0.717) is 11.9 Å². The van der Waals surface area contributed by atoms with E-state index in [1.165, 1.54) is 6.42 Å². The number of rotatable bonds is 3. The van der Waals surface area contributed by atoms with Crippen molar-refractivity contribution in [3.8, 4) is 0 Å². The van der Waals surface area contributed by atoms with Crippen LogP contribution in [0.2, 0.25) is 0 Å². The van der Waals surface area contributed by atoms with Gasteiger partial charge in [0.25, 0.3) is 0 Å². The fraction of sp³-hybridized carbons (Fsp3) is 0.875. The molecule has 2 fully saturated rings. The Morgan fingerprint density at radius 2 is 1.71 bits per heavy atom. The highest BCUT2D eigenvalue weighted by atomic mass is 16.2. The molecular weight excluding hydrogens is 266 g/mol. The van der Waals surface area contributed by atoms with Crippen LogP contribution in [0.3, 0.4) is 0 Å². The summed E-state index contributed by atoms with van der Waals surface area (Å²) in [5, 5.41) is 2.96. The van der Waals surface area contributed by atoms with Gasteiger partial charge in [0, 0.05) is 32.1 Å². The van der Waals surface area contributed by atoms with Crippen LogP contribution >= 0.6 is 0 Å². The first-order valence-electron chi connectivity index (χ1n) is 8.30. The van der Waals surface area contributed by atoms with Crippen molar-refractivity contribution in [1.82, 2.24) is 15.1 Å². The summed E-state index contributed by atoms with van der Waals surface area (Å²) in [6, 6.07) is 0.728. The number of likely N-dealkylation sites (tertiary alicyclic amines) is 2. The van der Waals surface area contributed by atoms with Gasteiger partial charge < -0.3 is 10.2 Å². The van der Waals surface area contributed by atoms with E-state index in [2.05, 4.69) is 24.1 Å². The van der Waals surface area contributed by atoms with Gasteiger partial charge in [0.2, 0.25) is 11.8 Å². The third kappa shape index (κ3) is 4.19. The number of piperidine rings is 2. The summed E-state index contributed by atoms with van der Waals surface area (Å²) < 4.78 is 0. The zero-order valence-electron chi connectivity index (χ0n) is 13.6. The van der Waals surface area contributed by atoms with Crippen LogP contribution in [0.1, 0.15) is 52.9 Å². The first-order chi connectivity index (χ1) is 9.99. The van der Waals surface area contributed by atoms with Gasteiger partial charge in [-0.2, -0.15) is 0 Å². The van der Waals surface area contributed by atoms with Crippen LogP contribution < -0.4 is 5.32 Å². The van der Waals surface area contributed by atoms with Gasteiger partial charge in [-0.15, -0.1) is 0 Å². The molecular formula is C16H29N3O2. The Hall–Kier alpha value is -1.10. The summed E-state index contributed by atoms with van der Waals surface area (Å²) in [7, 11) is 0. The Morgan fingerprint density at radius 3 is 2.29 bits per heavy atom. The Balaban J connectivity index is 1.90. The number of nitrogens with zero attached hydrogens (tertiary/aromatic N) is 2. The van der Waals surface area contributed by atoms with Crippen LogP contribution in [-0.4, -0.2) is 59.4 Å². The molecule has 0 bridgehead atoms. The predicted molar refractivity (Wildman–Crippen MR) is 82.9 cm³/mol. The molecule has 2 saturated heterocycles.